The predicted molar refractivity (Wildman–Crippen MR) is 62.2 cm³/mol. The quantitative estimate of drug-likeness (QED) is 0.547. The fourth-order valence-electron chi connectivity index (χ4n) is 1.48. The van der Waals surface area contributed by atoms with Gasteiger partial charge in [-0.05, 0) is 24.6 Å². The van der Waals surface area contributed by atoms with Gasteiger partial charge >= 0.3 is 0 Å². The fraction of sp³-hybridized carbons (Fsp3) is 0.385. The second kappa shape index (κ2) is 6.05. The van der Waals surface area contributed by atoms with E-state index in [1.54, 1.807) is 18.2 Å². The molecule has 86 valence electrons. The zero-order valence-corrected chi connectivity index (χ0v) is 9.66. The van der Waals surface area contributed by atoms with Crippen molar-refractivity contribution in [2.45, 2.75) is 26.2 Å². The average Bonchev–Trinajstić information content (AvgIpc) is 2.35. The highest BCUT2D eigenvalue weighted by Crippen LogP contribution is 2.18. The van der Waals surface area contributed by atoms with Crippen molar-refractivity contribution in [1.29, 1.82) is 0 Å². The number of Topliss-reactive ketones (excluding diaryl/α,β-unsaturated/α-hetero) is 1. The number of ketones is 1. The second-order valence-corrected chi connectivity index (χ2v) is 3.60. The third-order valence-electron chi connectivity index (χ3n) is 2.45. The van der Waals surface area contributed by atoms with Crippen LogP contribution in [0.4, 0.5) is 0 Å². The molecule has 3 heteroatoms. The summed E-state index contributed by atoms with van der Waals surface area (Å²) < 4.78 is 5.04. The van der Waals surface area contributed by atoms with Crippen LogP contribution in [0.2, 0.25) is 0 Å². The van der Waals surface area contributed by atoms with Crippen LogP contribution in [0.15, 0.2) is 18.2 Å². The van der Waals surface area contributed by atoms with Gasteiger partial charge in [0.05, 0.1) is 7.11 Å². The summed E-state index contributed by atoms with van der Waals surface area (Å²) in [7, 11) is 1.54. The van der Waals surface area contributed by atoms with Crippen LogP contribution in [-0.4, -0.2) is 19.2 Å². The molecule has 0 aliphatic carbocycles. The maximum atomic E-state index is 11.8. The molecule has 0 atom stereocenters. The molecule has 0 unspecified atom stereocenters. The van der Waals surface area contributed by atoms with Crippen LogP contribution in [0.3, 0.4) is 0 Å². The molecule has 0 heterocycles. The normalized spacial score (nSPS) is 9.88. The first-order chi connectivity index (χ1) is 7.72. The number of hydrogen-bond acceptors (Lipinski definition) is 3. The molecule has 0 aromatic heterocycles. The van der Waals surface area contributed by atoms with E-state index in [9.17, 15) is 9.59 Å². The predicted octanol–water partition coefficient (Wildman–Crippen LogP) is 2.88. The third-order valence-corrected chi connectivity index (χ3v) is 2.45. The summed E-state index contributed by atoms with van der Waals surface area (Å²) in [6.45, 7) is 2.03. The molecule has 3 nitrogen and oxygen atoms in total. The summed E-state index contributed by atoms with van der Waals surface area (Å²) in [6, 6.07) is 4.92. The summed E-state index contributed by atoms with van der Waals surface area (Å²) in [5.74, 6) is 0.605. The van der Waals surface area contributed by atoms with E-state index in [4.69, 9.17) is 4.74 Å². The Morgan fingerprint density at radius 3 is 2.75 bits per heavy atom. The van der Waals surface area contributed by atoms with E-state index >= 15 is 0 Å². The second-order valence-electron chi connectivity index (χ2n) is 3.60. The zero-order valence-electron chi connectivity index (χ0n) is 9.66. The molecule has 0 saturated heterocycles. The minimum atomic E-state index is 0.00264. The molecule has 1 aromatic carbocycles. The van der Waals surface area contributed by atoms with Crippen molar-refractivity contribution in [2.75, 3.05) is 7.11 Å². The summed E-state index contributed by atoms with van der Waals surface area (Å²) in [5, 5.41) is 0. The lowest BCUT2D eigenvalue weighted by molar-refractivity contribution is 0.0973. The fourth-order valence-corrected chi connectivity index (χ4v) is 1.48. The Hall–Kier alpha value is -1.64. The molecular formula is C13H16O3. The number of carbonyl (C=O) groups is 2. The highest BCUT2D eigenvalue weighted by atomic mass is 16.5. The summed E-state index contributed by atoms with van der Waals surface area (Å²) in [4.78, 5) is 22.6. The average molecular weight is 220 g/mol. The van der Waals surface area contributed by atoms with Gasteiger partial charge in [-0.2, -0.15) is 0 Å². The topological polar surface area (TPSA) is 43.4 Å². The van der Waals surface area contributed by atoms with Gasteiger partial charge in [-0.15, -0.1) is 0 Å². The first-order valence-corrected chi connectivity index (χ1v) is 5.39. The number of aldehydes is 1. The first kappa shape index (κ1) is 12.4. The number of unbranched alkanes of at least 4 members (excludes halogenated alkanes) is 1. The first-order valence-electron chi connectivity index (χ1n) is 5.39. The minimum Gasteiger partial charge on any atom is -0.497 e. The summed E-state index contributed by atoms with van der Waals surface area (Å²) in [6.07, 6.45) is 2.99. The Morgan fingerprint density at radius 2 is 2.19 bits per heavy atom. The van der Waals surface area contributed by atoms with Crippen LogP contribution in [0.5, 0.6) is 5.75 Å². The number of carbonyl (C=O) groups excluding carboxylic acids is 2. The van der Waals surface area contributed by atoms with Crippen molar-refractivity contribution >= 4 is 12.1 Å². The molecule has 0 saturated carbocycles. The van der Waals surface area contributed by atoms with Gasteiger partial charge in [0.15, 0.2) is 12.1 Å². The van der Waals surface area contributed by atoms with E-state index < -0.39 is 0 Å². The van der Waals surface area contributed by atoms with Crippen molar-refractivity contribution < 1.29 is 14.3 Å². The number of methoxy groups -OCH3 is 1. The van der Waals surface area contributed by atoms with Crippen LogP contribution in [-0.2, 0) is 0 Å². The standard InChI is InChI=1S/C13H16O3/c1-3-4-5-13(15)12-8-11(16-2)7-6-10(12)9-14/h6-9H,3-5H2,1-2H3. The zero-order chi connectivity index (χ0) is 12.0. The van der Waals surface area contributed by atoms with E-state index in [0.717, 1.165) is 12.8 Å². The van der Waals surface area contributed by atoms with Crippen LogP contribution in [0.1, 0.15) is 46.9 Å². The smallest absolute Gasteiger partial charge is 0.163 e. The van der Waals surface area contributed by atoms with Gasteiger partial charge in [-0.1, -0.05) is 13.3 Å². The van der Waals surface area contributed by atoms with Gasteiger partial charge in [0.1, 0.15) is 5.75 Å². The highest BCUT2D eigenvalue weighted by Gasteiger charge is 2.11. The Bertz CT molecular complexity index is 383. The molecule has 0 radical (unpaired) electrons. The molecule has 16 heavy (non-hydrogen) atoms. The van der Waals surface area contributed by atoms with Crippen LogP contribution < -0.4 is 4.74 Å². The van der Waals surface area contributed by atoms with Crippen molar-refractivity contribution in [1.82, 2.24) is 0 Å². The molecule has 0 spiro atoms. The summed E-state index contributed by atoms with van der Waals surface area (Å²) in [5.41, 5.74) is 0.893. The molecular weight excluding hydrogens is 204 g/mol. The lowest BCUT2D eigenvalue weighted by Crippen LogP contribution is -2.03. The molecule has 0 amide bonds. The van der Waals surface area contributed by atoms with Crippen molar-refractivity contribution in [3.8, 4) is 5.75 Å². The van der Waals surface area contributed by atoms with Crippen molar-refractivity contribution in [2.24, 2.45) is 0 Å². The molecule has 1 aromatic rings. The van der Waals surface area contributed by atoms with Crippen LogP contribution in [0, 0.1) is 0 Å². The molecule has 1 rings (SSSR count). The minimum absolute atomic E-state index is 0.00264. The van der Waals surface area contributed by atoms with Gasteiger partial charge in [-0.3, -0.25) is 9.59 Å². The maximum Gasteiger partial charge on any atom is 0.163 e. The Balaban J connectivity index is 2.98. The lowest BCUT2D eigenvalue weighted by atomic mass is 10.0. The third kappa shape index (κ3) is 2.92. The van der Waals surface area contributed by atoms with Gasteiger partial charge in [0, 0.05) is 17.5 Å². The monoisotopic (exact) mass is 220 g/mol. The van der Waals surface area contributed by atoms with Crippen LogP contribution >= 0.6 is 0 Å². The molecule has 0 aliphatic rings. The van der Waals surface area contributed by atoms with Crippen molar-refractivity contribution in [3.63, 3.8) is 0 Å². The molecule has 0 fully saturated rings. The molecule has 0 N–H and O–H groups in total. The maximum absolute atomic E-state index is 11.8. The van der Waals surface area contributed by atoms with Gasteiger partial charge < -0.3 is 4.74 Å². The molecule has 0 bridgehead atoms. The van der Waals surface area contributed by atoms with Gasteiger partial charge in [0.2, 0.25) is 0 Å². The highest BCUT2D eigenvalue weighted by molar-refractivity contribution is 6.03. The van der Waals surface area contributed by atoms with E-state index in [1.807, 2.05) is 6.92 Å². The lowest BCUT2D eigenvalue weighted by Gasteiger charge is -2.06. The van der Waals surface area contributed by atoms with E-state index in [-0.39, 0.29) is 5.78 Å². The molecule has 0 aliphatic heterocycles. The number of hydrogen-bond donors (Lipinski definition) is 0. The summed E-state index contributed by atoms with van der Waals surface area (Å²) >= 11 is 0. The number of ether oxygens (including phenoxy) is 1. The Kier molecular flexibility index (Phi) is 4.70. The van der Waals surface area contributed by atoms with Crippen LogP contribution in [0.25, 0.3) is 0 Å². The Labute approximate surface area is 95.4 Å². The van der Waals surface area contributed by atoms with E-state index in [2.05, 4.69) is 0 Å². The SMILES string of the molecule is CCCCC(=O)c1cc(OC)ccc1C=O. The Morgan fingerprint density at radius 1 is 1.44 bits per heavy atom. The number of rotatable bonds is 6. The van der Waals surface area contributed by atoms with Gasteiger partial charge in [0.25, 0.3) is 0 Å². The number of benzene rings is 1. The van der Waals surface area contributed by atoms with Crippen molar-refractivity contribution in [3.05, 3.63) is 29.3 Å². The van der Waals surface area contributed by atoms with E-state index in [1.165, 1.54) is 7.11 Å². The van der Waals surface area contributed by atoms with E-state index in [0.29, 0.717) is 29.6 Å². The largest absolute Gasteiger partial charge is 0.497 e. The van der Waals surface area contributed by atoms with Gasteiger partial charge in [-0.25, -0.2) is 0 Å².